The Morgan fingerprint density at radius 1 is 1.33 bits per heavy atom. The third-order valence-electron chi connectivity index (χ3n) is 2.35. The van der Waals surface area contributed by atoms with E-state index in [4.69, 9.17) is 11.6 Å². The van der Waals surface area contributed by atoms with Gasteiger partial charge >= 0.3 is 0 Å². The third-order valence-corrected chi connectivity index (χ3v) is 2.53. The highest BCUT2D eigenvalue weighted by atomic mass is 35.5. The van der Waals surface area contributed by atoms with Gasteiger partial charge in [-0.3, -0.25) is 14.9 Å². The minimum absolute atomic E-state index is 0.0426. The fourth-order valence-electron chi connectivity index (χ4n) is 1.46. The molecule has 1 aromatic carbocycles. The number of carbonyl (C=O) groups excluding carboxylic acids is 1. The summed E-state index contributed by atoms with van der Waals surface area (Å²) in [5, 5.41) is 12.8. The van der Waals surface area contributed by atoms with E-state index < -0.39 is 33.7 Å². The first-order valence-corrected chi connectivity index (χ1v) is 5.69. The average molecular weight is 315 g/mol. The molecular weight excluding hydrogens is 310 g/mol. The van der Waals surface area contributed by atoms with Gasteiger partial charge in [-0.1, -0.05) is 0 Å². The molecule has 1 N–H and O–H groups in total. The molecular formula is C11H5ClF2N4O3. The molecule has 0 bridgehead atoms. The van der Waals surface area contributed by atoms with Crippen LogP contribution in [0, 0.1) is 21.7 Å². The molecule has 0 saturated carbocycles. The van der Waals surface area contributed by atoms with E-state index in [2.05, 4.69) is 15.3 Å². The van der Waals surface area contributed by atoms with Crippen molar-refractivity contribution in [2.24, 2.45) is 0 Å². The number of anilines is 1. The number of nitrogens with zero attached hydrogens (tertiary/aromatic N) is 3. The SMILES string of the molecule is O=C(Nc1ccnc(Cl)n1)c1cc(F)c(F)cc1[N+](=O)[O-]. The second kappa shape index (κ2) is 5.75. The minimum atomic E-state index is -1.43. The van der Waals surface area contributed by atoms with Gasteiger partial charge in [0.25, 0.3) is 11.6 Å². The van der Waals surface area contributed by atoms with E-state index in [-0.39, 0.29) is 11.1 Å². The van der Waals surface area contributed by atoms with Gasteiger partial charge < -0.3 is 5.32 Å². The Kier molecular flexibility index (Phi) is 4.03. The van der Waals surface area contributed by atoms with Crippen molar-refractivity contribution in [3.05, 3.63) is 57.0 Å². The van der Waals surface area contributed by atoms with Crippen molar-refractivity contribution < 1.29 is 18.5 Å². The maximum absolute atomic E-state index is 13.2. The van der Waals surface area contributed by atoms with Crippen LogP contribution in [0.25, 0.3) is 0 Å². The van der Waals surface area contributed by atoms with Crippen LogP contribution in [0.4, 0.5) is 20.3 Å². The van der Waals surface area contributed by atoms with Crippen molar-refractivity contribution in [2.45, 2.75) is 0 Å². The summed E-state index contributed by atoms with van der Waals surface area (Å²) in [5.41, 5.74) is -1.51. The molecule has 1 amide bonds. The molecule has 0 radical (unpaired) electrons. The van der Waals surface area contributed by atoms with E-state index in [0.29, 0.717) is 12.1 Å². The summed E-state index contributed by atoms with van der Waals surface area (Å²) < 4.78 is 26.2. The molecule has 1 heterocycles. The summed E-state index contributed by atoms with van der Waals surface area (Å²) in [6.45, 7) is 0. The van der Waals surface area contributed by atoms with E-state index in [0.717, 1.165) is 0 Å². The van der Waals surface area contributed by atoms with E-state index in [1.807, 2.05) is 0 Å². The Morgan fingerprint density at radius 2 is 2.00 bits per heavy atom. The monoisotopic (exact) mass is 314 g/mol. The van der Waals surface area contributed by atoms with Crippen molar-refractivity contribution in [3.8, 4) is 0 Å². The number of hydrogen-bond donors (Lipinski definition) is 1. The van der Waals surface area contributed by atoms with Gasteiger partial charge in [0.05, 0.1) is 11.0 Å². The summed E-state index contributed by atoms with van der Waals surface area (Å²) in [6.07, 6.45) is 1.24. The first kappa shape index (κ1) is 14.7. The highest BCUT2D eigenvalue weighted by Gasteiger charge is 2.24. The Labute approximate surface area is 120 Å². The minimum Gasteiger partial charge on any atom is -0.306 e. The predicted octanol–water partition coefficient (Wildman–Crippen LogP) is 2.57. The standard InChI is InChI=1S/C11H5ClF2N4O3/c12-11-15-2-1-9(17-11)16-10(19)5-3-6(13)7(14)4-8(5)18(20)21/h1-4H,(H,15,16,17,19). The molecule has 0 aliphatic rings. The number of amides is 1. The quantitative estimate of drug-likeness (QED) is 0.533. The number of hydrogen-bond acceptors (Lipinski definition) is 5. The molecule has 0 spiro atoms. The Hall–Kier alpha value is -2.68. The number of nitro benzene ring substituents is 1. The summed E-state index contributed by atoms with van der Waals surface area (Å²) in [4.78, 5) is 28.9. The molecule has 0 saturated heterocycles. The van der Waals surface area contributed by atoms with Gasteiger partial charge in [-0.25, -0.2) is 18.7 Å². The topological polar surface area (TPSA) is 98.0 Å². The number of benzene rings is 1. The van der Waals surface area contributed by atoms with Crippen LogP contribution in [0.1, 0.15) is 10.4 Å². The summed E-state index contributed by atoms with van der Waals surface area (Å²) in [6, 6.07) is 2.04. The third kappa shape index (κ3) is 3.26. The van der Waals surface area contributed by atoms with E-state index in [1.54, 1.807) is 0 Å². The summed E-state index contributed by atoms with van der Waals surface area (Å²) in [7, 11) is 0. The van der Waals surface area contributed by atoms with Gasteiger partial charge in [0.2, 0.25) is 5.28 Å². The Balaban J connectivity index is 2.39. The maximum atomic E-state index is 13.2. The van der Waals surface area contributed by atoms with Gasteiger partial charge in [-0.05, 0) is 23.7 Å². The first-order chi connectivity index (χ1) is 9.88. The largest absolute Gasteiger partial charge is 0.306 e. The van der Waals surface area contributed by atoms with E-state index in [9.17, 15) is 23.7 Å². The van der Waals surface area contributed by atoms with Gasteiger partial charge in [0, 0.05) is 6.20 Å². The lowest BCUT2D eigenvalue weighted by Crippen LogP contribution is -2.15. The molecule has 2 aromatic rings. The number of nitrogens with one attached hydrogen (secondary N) is 1. The number of halogens is 3. The van der Waals surface area contributed by atoms with Crippen LogP contribution >= 0.6 is 11.6 Å². The Morgan fingerprint density at radius 3 is 2.62 bits per heavy atom. The molecule has 1 aromatic heterocycles. The second-order valence-corrected chi connectivity index (χ2v) is 4.04. The fourth-order valence-corrected chi connectivity index (χ4v) is 1.60. The number of rotatable bonds is 3. The van der Waals surface area contributed by atoms with Gasteiger partial charge in [0.15, 0.2) is 11.6 Å². The van der Waals surface area contributed by atoms with Crippen LogP contribution < -0.4 is 5.32 Å². The fraction of sp³-hybridized carbons (Fsp3) is 0. The normalized spacial score (nSPS) is 10.2. The molecule has 0 aliphatic carbocycles. The summed E-state index contributed by atoms with van der Waals surface area (Å²) in [5.74, 6) is -3.89. The lowest BCUT2D eigenvalue weighted by Gasteiger charge is -2.05. The summed E-state index contributed by atoms with van der Waals surface area (Å²) >= 11 is 5.51. The average Bonchev–Trinajstić information content (AvgIpc) is 2.41. The molecule has 0 aliphatic heterocycles. The van der Waals surface area contributed by atoms with Gasteiger partial charge in [-0.2, -0.15) is 0 Å². The van der Waals surface area contributed by atoms with Crippen LogP contribution in [0.3, 0.4) is 0 Å². The molecule has 108 valence electrons. The molecule has 0 unspecified atom stereocenters. The zero-order valence-electron chi connectivity index (χ0n) is 10.0. The van der Waals surface area contributed by atoms with Crippen molar-refractivity contribution in [1.82, 2.24) is 9.97 Å². The van der Waals surface area contributed by atoms with Crippen molar-refractivity contribution in [3.63, 3.8) is 0 Å². The van der Waals surface area contributed by atoms with E-state index in [1.165, 1.54) is 12.3 Å². The number of carbonyl (C=O) groups is 1. The Bertz CT molecular complexity index is 741. The van der Waals surface area contributed by atoms with Crippen molar-refractivity contribution >= 4 is 29.0 Å². The predicted molar refractivity (Wildman–Crippen MR) is 68.0 cm³/mol. The number of nitro groups is 1. The molecule has 21 heavy (non-hydrogen) atoms. The second-order valence-electron chi connectivity index (χ2n) is 3.71. The maximum Gasteiger partial charge on any atom is 0.285 e. The first-order valence-electron chi connectivity index (χ1n) is 5.32. The zero-order chi connectivity index (χ0) is 15.6. The van der Waals surface area contributed by atoms with Crippen LogP contribution in [0.2, 0.25) is 5.28 Å². The lowest BCUT2D eigenvalue weighted by atomic mass is 10.1. The smallest absolute Gasteiger partial charge is 0.285 e. The molecule has 0 fully saturated rings. The van der Waals surface area contributed by atoms with E-state index >= 15 is 0 Å². The van der Waals surface area contributed by atoms with Crippen LogP contribution in [0.5, 0.6) is 0 Å². The highest BCUT2D eigenvalue weighted by molar-refractivity contribution is 6.28. The van der Waals surface area contributed by atoms with Gasteiger partial charge in [-0.15, -0.1) is 0 Å². The molecule has 2 rings (SSSR count). The zero-order valence-corrected chi connectivity index (χ0v) is 10.8. The molecule has 7 nitrogen and oxygen atoms in total. The van der Waals surface area contributed by atoms with Crippen LogP contribution in [-0.2, 0) is 0 Å². The number of aromatic nitrogens is 2. The van der Waals surface area contributed by atoms with Crippen molar-refractivity contribution in [1.29, 1.82) is 0 Å². The molecule has 10 heteroatoms. The van der Waals surface area contributed by atoms with Crippen molar-refractivity contribution in [2.75, 3.05) is 5.32 Å². The van der Waals surface area contributed by atoms with Crippen LogP contribution in [0.15, 0.2) is 24.4 Å². The van der Waals surface area contributed by atoms with Crippen LogP contribution in [-0.4, -0.2) is 20.8 Å². The lowest BCUT2D eigenvalue weighted by molar-refractivity contribution is -0.385. The highest BCUT2D eigenvalue weighted by Crippen LogP contribution is 2.23. The molecule has 0 atom stereocenters. The van der Waals surface area contributed by atoms with Gasteiger partial charge in [0.1, 0.15) is 11.4 Å².